The first-order valence-electron chi connectivity index (χ1n) is 24.7. The summed E-state index contributed by atoms with van der Waals surface area (Å²) >= 11 is 0. The molecule has 0 spiro atoms. The van der Waals surface area contributed by atoms with Crippen LogP contribution in [0.25, 0.3) is 0 Å². The minimum absolute atomic E-state index is 0.0420. The maximum absolute atomic E-state index is 13.0. The summed E-state index contributed by atoms with van der Waals surface area (Å²) < 4.78 is 34.2. The standard InChI is InChI=1S/C50H88O14/c1-3-5-7-9-11-13-15-17-19-20-21-23-25-27-29-31-33-42(52)62-39(36-59-34-32-30-28-26-24-22-18-16-14-12-10-8-6-4-2)37-60-49-48(58)46(56)44(54)41(64-49)38-61-50-47(57)45(55)43(53)40(35-51)63-50/h6,8,12,14,18-20,22,39-41,43-51,53-58H,3-5,7,9-11,13,15-17,21,23-38H2,1-2H3/b8-6-,14-12-,20-19-,22-18-. The number of esters is 1. The van der Waals surface area contributed by atoms with Crippen LogP contribution in [0, 0.1) is 0 Å². The van der Waals surface area contributed by atoms with Crippen LogP contribution in [0.2, 0.25) is 0 Å². The predicted octanol–water partition coefficient (Wildman–Crippen LogP) is 6.79. The number of hydrogen-bond acceptors (Lipinski definition) is 14. The van der Waals surface area contributed by atoms with Crippen LogP contribution in [0.3, 0.4) is 0 Å². The summed E-state index contributed by atoms with van der Waals surface area (Å²) in [4.78, 5) is 13.0. The molecule has 2 aliphatic rings. The number of carbonyl (C=O) groups excluding carboxylic acids is 1. The van der Waals surface area contributed by atoms with E-state index in [2.05, 4.69) is 62.5 Å². The van der Waals surface area contributed by atoms with E-state index in [1.165, 1.54) is 44.9 Å². The first-order valence-corrected chi connectivity index (χ1v) is 24.7. The minimum Gasteiger partial charge on any atom is -0.457 e. The Morgan fingerprint density at radius 3 is 1.61 bits per heavy atom. The lowest BCUT2D eigenvalue weighted by molar-refractivity contribution is -0.332. The van der Waals surface area contributed by atoms with Crippen molar-refractivity contribution < 1.29 is 69.0 Å². The van der Waals surface area contributed by atoms with Crippen LogP contribution in [-0.4, -0.2) is 142 Å². The monoisotopic (exact) mass is 913 g/mol. The van der Waals surface area contributed by atoms with Gasteiger partial charge >= 0.3 is 5.97 Å². The van der Waals surface area contributed by atoms with E-state index in [-0.39, 0.29) is 19.6 Å². The van der Waals surface area contributed by atoms with E-state index in [1.54, 1.807) is 0 Å². The van der Waals surface area contributed by atoms with Crippen molar-refractivity contribution in [2.24, 2.45) is 0 Å². The van der Waals surface area contributed by atoms with Gasteiger partial charge in [0, 0.05) is 13.0 Å². The molecule has 11 atom stereocenters. The van der Waals surface area contributed by atoms with Gasteiger partial charge in [-0.05, 0) is 70.6 Å². The van der Waals surface area contributed by atoms with Crippen molar-refractivity contribution in [2.75, 3.05) is 33.0 Å². The van der Waals surface area contributed by atoms with Gasteiger partial charge in [0.2, 0.25) is 0 Å². The van der Waals surface area contributed by atoms with E-state index < -0.39 is 86.7 Å². The maximum Gasteiger partial charge on any atom is 0.306 e. The van der Waals surface area contributed by atoms with Crippen LogP contribution in [0.1, 0.15) is 162 Å². The highest BCUT2D eigenvalue weighted by atomic mass is 16.7. The molecule has 2 saturated heterocycles. The summed E-state index contributed by atoms with van der Waals surface area (Å²) in [7, 11) is 0. The van der Waals surface area contributed by atoms with Gasteiger partial charge in [-0.15, -0.1) is 0 Å². The Balaban J connectivity index is 1.80. The Hall–Kier alpha value is -2.05. The van der Waals surface area contributed by atoms with E-state index in [4.69, 9.17) is 28.4 Å². The molecule has 0 aromatic rings. The second kappa shape index (κ2) is 38.0. The molecule has 2 fully saturated rings. The number of hydrogen-bond donors (Lipinski definition) is 7. The molecule has 0 aliphatic carbocycles. The highest BCUT2D eigenvalue weighted by Gasteiger charge is 2.47. The molecule has 0 aromatic carbocycles. The number of allylic oxidation sites excluding steroid dienone is 8. The smallest absolute Gasteiger partial charge is 0.306 e. The maximum atomic E-state index is 13.0. The fourth-order valence-electron chi connectivity index (χ4n) is 7.53. The Morgan fingerprint density at radius 1 is 0.531 bits per heavy atom. The third-order valence-corrected chi connectivity index (χ3v) is 11.6. The summed E-state index contributed by atoms with van der Waals surface area (Å²) in [6.07, 6.45) is 26.0. The van der Waals surface area contributed by atoms with Crippen LogP contribution in [0.4, 0.5) is 0 Å². The molecule has 2 rings (SSSR count). The average Bonchev–Trinajstić information content (AvgIpc) is 3.29. The van der Waals surface area contributed by atoms with Gasteiger partial charge in [-0.25, -0.2) is 0 Å². The molecule has 11 unspecified atom stereocenters. The van der Waals surface area contributed by atoms with Crippen molar-refractivity contribution in [2.45, 2.75) is 229 Å². The predicted molar refractivity (Wildman–Crippen MR) is 247 cm³/mol. The molecule has 0 amide bonds. The Bertz CT molecular complexity index is 1240. The van der Waals surface area contributed by atoms with Crippen molar-refractivity contribution in [3.63, 3.8) is 0 Å². The van der Waals surface area contributed by atoms with Crippen molar-refractivity contribution >= 4 is 5.97 Å². The first kappa shape index (κ1) is 58.1. The molecular weight excluding hydrogens is 825 g/mol. The van der Waals surface area contributed by atoms with Gasteiger partial charge in [0.1, 0.15) is 54.9 Å². The van der Waals surface area contributed by atoms with Gasteiger partial charge < -0.3 is 64.2 Å². The van der Waals surface area contributed by atoms with E-state index in [0.29, 0.717) is 13.0 Å². The van der Waals surface area contributed by atoms with Crippen molar-refractivity contribution in [3.8, 4) is 0 Å². The van der Waals surface area contributed by atoms with Crippen molar-refractivity contribution in [1.82, 2.24) is 0 Å². The molecular formula is C50H88O14. The van der Waals surface area contributed by atoms with Crippen molar-refractivity contribution in [1.29, 1.82) is 0 Å². The second-order valence-corrected chi connectivity index (χ2v) is 17.3. The lowest BCUT2D eigenvalue weighted by Gasteiger charge is -2.42. The number of unbranched alkanes of at least 4 members (excludes halogenated alkanes) is 16. The zero-order valence-electron chi connectivity index (χ0n) is 39.3. The van der Waals surface area contributed by atoms with Crippen LogP contribution >= 0.6 is 0 Å². The fraction of sp³-hybridized carbons (Fsp3) is 0.820. The van der Waals surface area contributed by atoms with E-state index in [0.717, 1.165) is 89.9 Å². The third kappa shape index (κ3) is 25.7. The lowest BCUT2D eigenvalue weighted by Crippen LogP contribution is -2.61. The molecule has 14 heteroatoms. The number of aliphatic hydroxyl groups excluding tert-OH is 7. The molecule has 0 radical (unpaired) electrons. The van der Waals surface area contributed by atoms with Gasteiger partial charge in [-0.2, -0.15) is 0 Å². The van der Waals surface area contributed by atoms with Crippen LogP contribution in [-0.2, 0) is 33.2 Å². The van der Waals surface area contributed by atoms with Crippen molar-refractivity contribution in [3.05, 3.63) is 48.6 Å². The van der Waals surface area contributed by atoms with E-state index in [1.807, 2.05) is 0 Å². The number of rotatable bonds is 38. The molecule has 64 heavy (non-hydrogen) atoms. The van der Waals surface area contributed by atoms with Crippen LogP contribution < -0.4 is 0 Å². The lowest BCUT2D eigenvalue weighted by atomic mass is 9.98. The van der Waals surface area contributed by atoms with E-state index >= 15 is 0 Å². The molecule has 0 bridgehead atoms. The van der Waals surface area contributed by atoms with Crippen LogP contribution in [0.5, 0.6) is 0 Å². The Morgan fingerprint density at radius 2 is 1.02 bits per heavy atom. The number of ether oxygens (including phenoxy) is 6. The topological polar surface area (TPSA) is 214 Å². The Kier molecular flexibility index (Phi) is 34.5. The first-order chi connectivity index (χ1) is 31.1. The van der Waals surface area contributed by atoms with Gasteiger partial charge in [0.05, 0.1) is 26.4 Å². The largest absolute Gasteiger partial charge is 0.457 e. The Labute approximate surface area is 384 Å². The summed E-state index contributed by atoms with van der Waals surface area (Å²) in [6, 6.07) is 0. The molecule has 2 heterocycles. The van der Waals surface area contributed by atoms with Crippen LogP contribution in [0.15, 0.2) is 48.6 Å². The molecule has 7 N–H and O–H groups in total. The van der Waals surface area contributed by atoms with E-state index in [9.17, 15) is 40.5 Å². The second-order valence-electron chi connectivity index (χ2n) is 17.3. The molecule has 14 nitrogen and oxygen atoms in total. The number of aliphatic hydroxyl groups is 7. The molecule has 0 aromatic heterocycles. The highest BCUT2D eigenvalue weighted by Crippen LogP contribution is 2.26. The minimum atomic E-state index is -1.71. The zero-order valence-corrected chi connectivity index (χ0v) is 39.3. The quantitative estimate of drug-likeness (QED) is 0.0193. The molecule has 2 aliphatic heterocycles. The van der Waals surface area contributed by atoms with Gasteiger partial charge in [0.15, 0.2) is 12.6 Å². The summed E-state index contributed by atoms with van der Waals surface area (Å²) in [5, 5.41) is 72.0. The normalized spacial score (nSPS) is 27.1. The SMILES string of the molecule is CC/C=C\C/C=C\C/C=C\CCCCCCOCC(COC1OC(COC2OC(CO)C(O)C(O)C2O)C(O)C(O)C1O)OC(=O)CCCCCCC/C=C\CCCCCCCCC. The fourth-order valence-corrected chi connectivity index (χ4v) is 7.53. The summed E-state index contributed by atoms with van der Waals surface area (Å²) in [5.41, 5.74) is 0. The van der Waals surface area contributed by atoms with Gasteiger partial charge in [-0.3, -0.25) is 4.79 Å². The molecule has 372 valence electrons. The number of carbonyl (C=O) groups is 1. The summed E-state index contributed by atoms with van der Waals surface area (Å²) in [6.45, 7) is 3.49. The molecule has 0 saturated carbocycles. The summed E-state index contributed by atoms with van der Waals surface area (Å²) in [5.74, 6) is -0.395. The average molecular weight is 913 g/mol. The highest BCUT2D eigenvalue weighted by molar-refractivity contribution is 5.69. The third-order valence-electron chi connectivity index (χ3n) is 11.6. The zero-order chi connectivity index (χ0) is 46.6. The van der Waals surface area contributed by atoms with Gasteiger partial charge in [0.25, 0.3) is 0 Å². The van der Waals surface area contributed by atoms with Gasteiger partial charge in [-0.1, -0.05) is 133 Å².